The van der Waals surface area contributed by atoms with E-state index in [-0.39, 0.29) is 10.2 Å². The van der Waals surface area contributed by atoms with Gasteiger partial charge in [0.2, 0.25) is 0 Å². The summed E-state index contributed by atoms with van der Waals surface area (Å²) in [5.41, 5.74) is 2.77. The van der Waals surface area contributed by atoms with Gasteiger partial charge in [-0.25, -0.2) is 0 Å². The highest BCUT2D eigenvalue weighted by atomic mass is 32.2. The summed E-state index contributed by atoms with van der Waals surface area (Å²) in [7, 11) is 2.26. The third-order valence-corrected chi connectivity index (χ3v) is 6.64. The quantitative estimate of drug-likeness (QED) is 0.605. The van der Waals surface area contributed by atoms with Crippen LogP contribution in [0.25, 0.3) is 0 Å². The molecule has 0 spiro atoms. The number of likely N-dealkylation sites (tertiary alicyclic amines) is 1. The van der Waals surface area contributed by atoms with Crippen molar-refractivity contribution in [3.05, 3.63) is 29.6 Å². The summed E-state index contributed by atoms with van der Waals surface area (Å²) in [6.45, 7) is 19.4. The first kappa shape index (κ1) is 22.7. The van der Waals surface area contributed by atoms with Crippen LogP contribution >= 0.6 is 11.9 Å². The summed E-state index contributed by atoms with van der Waals surface area (Å²) in [6.07, 6.45) is 3.67. The van der Waals surface area contributed by atoms with E-state index in [0.29, 0.717) is 11.6 Å². The number of hydrogen-bond acceptors (Lipinski definition) is 4. The van der Waals surface area contributed by atoms with Crippen molar-refractivity contribution < 1.29 is 0 Å². The van der Waals surface area contributed by atoms with Crippen LogP contribution in [-0.4, -0.2) is 33.8 Å². The number of nitrogens with zero attached hydrogens (tertiary/aromatic N) is 2. The molecule has 2 unspecified atom stereocenters. The smallest absolute Gasteiger partial charge is 0.0594 e. The monoisotopic (exact) mass is 391 g/mol. The van der Waals surface area contributed by atoms with Gasteiger partial charge in [0.1, 0.15) is 0 Å². The fourth-order valence-corrected chi connectivity index (χ4v) is 4.47. The van der Waals surface area contributed by atoms with Gasteiger partial charge in [-0.3, -0.25) is 9.71 Å². The molecule has 2 atom stereocenters. The Labute approximate surface area is 172 Å². The molecule has 4 heteroatoms. The Morgan fingerprint density at radius 3 is 2.41 bits per heavy atom. The SMILES string of the molecule is CN1CC(CCC(NSC(C)(C)C)c2cccc(C(C)(C)C)n2)CC1(C)C. The molecule has 0 amide bonds. The van der Waals surface area contributed by atoms with Gasteiger partial charge < -0.3 is 4.90 Å². The van der Waals surface area contributed by atoms with Gasteiger partial charge in [0.05, 0.1) is 11.7 Å². The second-order valence-electron chi connectivity index (χ2n) is 10.9. The fraction of sp³-hybridized carbons (Fsp3) is 0.783. The van der Waals surface area contributed by atoms with Crippen LogP contribution in [0.4, 0.5) is 0 Å². The molecule has 1 aromatic rings. The zero-order valence-electron chi connectivity index (χ0n) is 19.0. The third-order valence-electron chi connectivity index (χ3n) is 5.62. The van der Waals surface area contributed by atoms with E-state index in [1.165, 1.54) is 30.8 Å². The lowest BCUT2D eigenvalue weighted by atomic mass is 9.90. The normalized spacial score (nSPS) is 22.2. The largest absolute Gasteiger partial charge is 0.301 e. The Bertz CT molecular complexity index is 613. The van der Waals surface area contributed by atoms with Gasteiger partial charge in [-0.15, -0.1) is 0 Å². The molecule has 2 heterocycles. The van der Waals surface area contributed by atoms with Crippen LogP contribution in [0.1, 0.15) is 92.1 Å². The summed E-state index contributed by atoms with van der Waals surface area (Å²) in [5.74, 6) is 0.778. The minimum absolute atomic E-state index is 0.0793. The molecule has 3 nitrogen and oxygen atoms in total. The molecule has 1 aliphatic heterocycles. The van der Waals surface area contributed by atoms with Crippen molar-refractivity contribution in [2.45, 2.75) is 96.4 Å². The van der Waals surface area contributed by atoms with Crippen LogP contribution in [0.15, 0.2) is 18.2 Å². The van der Waals surface area contributed by atoms with Crippen molar-refractivity contribution >= 4 is 11.9 Å². The average molecular weight is 392 g/mol. The van der Waals surface area contributed by atoms with Crippen LogP contribution in [0.3, 0.4) is 0 Å². The van der Waals surface area contributed by atoms with E-state index in [4.69, 9.17) is 4.98 Å². The Hall–Kier alpha value is -0.580. The van der Waals surface area contributed by atoms with Crippen molar-refractivity contribution in [2.75, 3.05) is 13.6 Å². The maximum atomic E-state index is 5.05. The lowest BCUT2D eigenvalue weighted by Crippen LogP contribution is -2.34. The van der Waals surface area contributed by atoms with Gasteiger partial charge in [0.25, 0.3) is 0 Å². The highest BCUT2D eigenvalue weighted by molar-refractivity contribution is 7.98. The highest BCUT2D eigenvalue weighted by Crippen LogP contribution is 2.36. The molecule has 1 aromatic heterocycles. The third kappa shape index (κ3) is 6.76. The Morgan fingerprint density at radius 2 is 1.89 bits per heavy atom. The molecule has 0 saturated carbocycles. The Kier molecular flexibility index (Phi) is 7.08. The van der Waals surface area contributed by atoms with E-state index < -0.39 is 0 Å². The number of pyridine rings is 1. The Morgan fingerprint density at radius 1 is 1.22 bits per heavy atom. The van der Waals surface area contributed by atoms with E-state index in [1.54, 1.807) is 0 Å². The first-order valence-electron chi connectivity index (χ1n) is 10.4. The average Bonchev–Trinajstić information content (AvgIpc) is 2.78. The van der Waals surface area contributed by atoms with E-state index in [2.05, 4.69) is 90.3 Å². The van der Waals surface area contributed by atoms with Crippen LogP contribution in [0.2, 0.25) is 0 Å². The molecule has 154 valence electrons. The maximum absolute atomic E-state index is 5.05. The first-order chi connectivity index (χ1) is 12.3. The van der Waals surface area contributed by atoms with E-state index in [0.717, 1.165) is 12.3 Å². The summed E-state index contributed by atoms with van der Waals surface area (Å²) < 4.78 is 3.94. The molecule has 0 aromatic carbocycles. The van der Waals surface area contributed by atoms with Gasteiger partial charge in [-0.2, -0.15) is 0 Å². The zero-order valence-corrected chi connectivity index (χ0v) is 19.8. The second kappa shape index (κ2) is 8.42. The predicted molar refractivity (Wildman–Crippen MR) is 120 cm³/mol. The molecule has 0 aliphatic carbocycles. The summed E-state index contributed by atoms with van der Waals surface area (Å²) in [4.78, 5) is 7.56. The van der Waals surface area contributed by atoms with Crippen LogP contribution in [-0.2, 0) is 5.41 Å². The molecular formula is C23H41N3S. The Balaban J connectivity index is 2.12. The topological polar surface area (TPSA) is 28.2 Å². The zero-order chi connectivity index (χ0) is 20.5. The number of nitrogens with one attached hydrogen (secondary N) is 1. The molecule has 0 radical (unpaired) electrons. The molecule has 27 heavy (non-hydrogen) atoms. The molecule has 2 rings (SSSR count). The van der Waals surface area contributed by atoms with Crippen molar-refractivity contribution in [1.82, 2.24) is 14.6 Å². The second-order valence-corrected chi connectivity index (χ2v) is 12.6. The molecule has 1 aliphatic rings. The minimum Gasteiger partial charge on any atom is -0.301 e. The van der Waals surface area contributed by atoms with E-state index in [9.17, 15) is 0 Å². The van der Waals surface area contributed by atoms with Gasteiger partial charge in [0.15, 0.2) is 0 Å². The molecule has 1 fully saturated rings. The van der Waals surface area contributed by atoms with Crippen LogP contribution < -0.4 is 4.72 Å². The van der Waals surface area contributed by atoms with Crippen LogP contribution in [0, 0.1) is 5.92 Å². The van der Waals surface area contributed by atoms with E-state index >= 15 is 0 Å². The minimum atomic E-state index is 0.0793. The van der Waals surface area contributed by atoms with Crippen molar-refractivity contribution in [2.24, 2.45) is 5.92 Å². The number of hydrogen-bond donors (Lipinski definition) is 1. The molecule has 0 bridgehead atoms. The van der Waals surface area contributed by atoms with E-state index in [1.807, 2.05) is 11.9 Å². The molecule has 1 saturated heterocycles. The molecular weight excluding hydrogens is 350 g/mol. The van der Waals surface area contributed by atoms with Crippen molar-refractivity contribution in [3.8, 4) is 0 Å². The standard InChI is InChI=1S/C23H41N3S/c1-21(2,3)20-12-10-11-18(24-20)19(25-27-22(4,5)6)14-13-17-15-23(7,8)26(9)16-17/h10-12,17,19,25H,13-16H2,1-9H3. The number of rotatable bonds is 6. The highest BCUT2D eigenvalue weighted by Gasteiger charge is 2.35. The summed E-state index contributed by atoms with van der Waals surface area (Å²) in [6, 6.07) is 6.82. The predicted octanol–water partition coefficient (Wildman–Crippen LogP) is 5.97. The summed E-state index contributed by atoms with van der Waals surface area (Å²) >= 11 is 1.83. The van der Waals surface area contributed by atoms with Gasteiger partial charge >= 0.3 is 0 Å². The maximum Gasteiger partial charge on any atom is 0.0594 e. The van der Waals surface area contributed by atoms with Crippen LogP contribution in [0.5, 0.6) is 0 Å². The van der Waals surface area contributed by atoms with Gasteiger partial charge in [-0.05, 0) is 79.0 Å². The van der Waals surface area contributed by atoms with Crippen molar-refractivity contribution in [1.29, 1.82) is 0 Å². The number of aromatic nitrogens is 1. The summed E-state index contributed by atoms with van der Waals surface area (Å²) in [5, 5.41) is 0. The first-order valence-corrected chi connectivity index (χ1v) is 11.2. The van der Waals surface area contributed by atoms with Gasteiger partial charge in [0, 0.05) is 27.9 Å². The molecule has 1 N–H and O–H groups in total. The van der Waals surface area contributed by atoms with Crippen molar-refractivity contribution in [3.63, 3.8) is 0 Å². The lowest BCUT2D eigenvalue weighted by Gasteiger charge is -2.27. The fourth-order valence-electron chi connectivity index (χ4n) is 3.74. The lowest BCUT2D eigenvalue weighted by molar-refractivity contribution is 0.218. The van der Waals surface area contributed by atoms with Gasteiger partial charge in [-0.1, -0.05) is 38.8 Å².